The van der Waals surface area contributed by atoms with Crippen LogP contribution in [0.25, 0.3) is 0 Å². The molecule has 1 aromatic rings. The molecule has 7 nitrogen and oxygen atoms in total. The van der Waals surface area contributed by atoms with Crippen LogP contribution in [0.15, 0.2) is 24.3 Å². The van der Waals surface area contributed by atoms with Crippen LogP contribution in [0, 0.1) is 5.92 Å². The zero-order chi connectivity index (χ0) is 22.0. The Hall–Kier alpha value is -1.64. The summed E-state index contributed by atoms with van der Waals surface area (Å²) in [5.41, 5.74) is 0.752. The van der Waals surface area contributed by atoms with Gasteiger partial charge in [-0.3, -0.25) is 4.79 Å². The highest BCUT2D eigenvalue weighted by molar-refractivity contribution is 7.89. The highest BCUT2D eigenvalue weighted by atomic mass is 32.2. The number of carboxylic acid groups (broad SMARTS) is 1. The maximum atomic E-state index is 12.1. The Morgan fingerprint density at radius 1 is 1.20 bits per heavy atom. The van der Waals surface area contributed by atoms with E-state index in [9.17, 15) is 18.3 Å². The van der Waals surface area contributed by atoms with E-state index in [1.54, 1.807) is 0 Å². The first kappa shape index (κ1) is 24.6. The lowest BCUT2D eigenvalue weighted by Crippen LogP contribution is -2.43. The van der Waals surface area contributed by atoms with Crippen LogP contribution in [0.3, 0.4) is 0 Å². The van der Waals surface area contributed by atoms with Gasteiger partial charge >= 0.3 is 5.97 Å². The molecule has 1 unspecified atom stereocenters. The third kappa shape index (κ3) is 8.24. The number of sulfonamides is 1. The number of nitrogens with one attached hydrogen (secondary N) is 2. The minimum Gasteiger partial charge on any atom is -0.490 e. The molecule has 1 saturated heterocycles. The Balaban J connectivity index is 1.99. The van der Waals surface area contributed by atoms with Gasteiger partial charge < -0.3 is 15.2 Å². The second-order valence-electron chi connectivity index (χ2n) is 8.06. The molecule has 8 heteroatoms. The van der Waals surface area contributed by atoms with Crippen LogP contribution in [0.2, 0.25) is 0 Å². The van der Waals surface area contributed by atoms with Gasteiger partial charge in [0.15, 0.2) is 0 Å². The molecule has 3 N–H and O–H groups in total. The molecule has 0 bridgehead atoms. The van der Waals surface area contributed by atoms with Gasteiger partial charge in [0, 0.05) is 0 Å². The summed E-state index contributed by atoms with van der Waals surface area (Å²) in [6, 6.07) is 6.16. The van der Waals surface area contributed by atoms with Crippen molar-refractivity contribution in [3.05, 3.63) is 29.8 Å². The van der Waals surface area contributed by atoms with Gasteiger partial charge in [0.1, 0.15) is 17.9 Å². The molecule has 0 saturated carbocycles. The topological polar surface area (TPSA) is 105 Å². The van der Waals surface area contributed by atoms with Crippen LogP contribution in [0.4, 0.5) is 0 Å². The molecular formula is C22H36N2O5S. The van der Waals surface area contributed by atoms with Gasteiger partial charge in [-0.15, -0.1) is 0 Å². The van der Waals surface area contributed by atoms with Crippen molar-refractivity contribution in [2.24, 2.45) is 5.92 Å². The lowest BCUT2D eigenvalue weighted by Gasteiger charge is -2.31. The quantitative estimate of drug-likeness (QED) is 0.436. The van der Waals surface area contributed by atoms with Crippen LogP contribution in [0.5, 0.6) is 5.75 Å². The minimum absolute atomic E-state index is 0.0600. The zero-order valence-corrected chi connectivity index (χ0v) is 18.9. The van der Waals surface area contributed by atoms with Gasteiger partial charge in [0.25, 0.3) is 0 Å². The average molecular weight is 441 g/mol. The summed E-state index contributed by atoms with van der Waals surface area (Å²) < 4.78 is 32.8. The highest BCUT2D eigenvalue weighted by Gasteiger charge is 2.26. The van der Waals surface area contributed by atoms with Crippen molar-refractivity contribution in [2.75, 3.05) is 18.8 Å². The Kier molecular flexibility index (Phi) is 10.1. The van der Waals surface area contributed by atoms with E-state index in [1.807, 2.05) is 31.2 Å². The summed E-state index contributed by atoms with van der Waals surface area (Å²) in [6.07, 6.45) is 5.80. The maximum absolute atomic E-state index is 12.1. The number of carboxylic acids is 1. The number of rotatable bonds is 13. The van der Waals surface area contributed by atoms with E-state index >= 15 is 0 Å². The van der Waals surface area contributed by atoms with E-state index < -0.39 is 22.0 Å². The summed E-state index contributed by atoms with van der Waals surface area (Å²) in [6.45, 7) is 6.11. The van der Waals surface area contributed by atoms with Gasteiger partial charge in [-0.25, -0.2) is 13.1 Å². The van der Waals surface area contributed by atoms with Crippen LogP contribution in [-0.2, 0) is 21.2 Å². The maximum Gasteiger partial charge on any atom is 0.322 e. The predicted molar refractivity (Wildman–Crippen MR) is 118 cm³/mol. The molecule has 0 amide bonds. The molecule has 0 aromatic heterocycles. The summed E-state index contributed by atoms with van der Waals surface area (Å²) in [7, 11) is -3.61. The van der Waals surface area contributed by atoms with Crippen LogP contribution in [0.1, 0.15) is 57.9 Å². The fraction of sp³-hybridized carbons (Fsp3) is 0.682. The zero-order valence-electron chi connectivity index (χ0n) is 18.1. The normalized spacial score (nSPS) is 17.4. The second-order valence-corrected chi connectivity index (χ2v) is 9.94. The van der Waals surface area contributed by atoms with Crippen molar-refractivity contribution in [1.29, 1.82) is 0 Å². The minimum atomic E-state index is -3.61. The van der Waals surface area contributed by atoms with Crippen LogP contribution < -0.4 is 14.8 Å². The van der Waals surface area contributed by atoms with Crippen molar-refractivity contribution < 1.29 is 23.1 Å². The van der Waals surface area contributed by atoms with Crippen molar-refractivity contribution >= 4 is 16.0 Å². The first-order chi connectivity index (χ1) is 14.3. The number of hydrogen-bond acceptors (Lipinski definition) is 5. The number of carbonyl (C=O) groups is 1. The lowest BCUT2D eigenvalue weighted by molar-refractivity contribution is -0.138. The average Bonchev–Trinajstić information content (AvgIpc) is 2.73. The molecular weight excluding hydrogens is 404 g/mol. The van der Waals surface area contributed by atoms with Gasteiger partial charge in [-0.05, 0) is 68.8 Å². The monoisotopic (exact) mass is 440 g/mol. The number of piperidine rings is 1. The van der Waals surface area contributed by atoms with Crippen LogP contribution in [-0.4, -0.2) is 50.5 Å². The summed E-state index contributed by atoms with van der Waals surface area (Å²) in [4.78, 5) is 11.6. The fourth-order valence-electron chi connectivity index (χ4n) is 3.80. The number of hydrogen-bond donors (Lipinski definition) is 3. The smallest absolute Gasteiger partial charge is 0.322 e. The standard InChI is InChI=1S/C22H36N2O5S/c1-3-5-15-30(27,28)24-20(22(25)26)16-17-7-9-19(10-8-17)29-21(6-4-2)18-11-13-23-14-12-18/h7-10,18,20-21,23-24H,3-6,11-16H2,1-2H3,(H,25,26)/t20-,21?/m0/s1. The summed E-state index contributed by atoms with van der Waals surface area (Å²) in [5, 5.41) is 12.8. The molecule has 1 heterocycles. The van der Waals surface area contributed by atoms with Gasteiger partial charge in [-0.2, -0.15) is 0 Å². The SMILES string of the molecule is CCCCS(=O)(=O)N[C@@H](Cc1ccc(OC(CCC)C2CCNCC2)cc1)C(=O)O. The molecule has 2 rings (SSSR count). The third-order valence-electron chi connectivity index (χ3n) is 5.52. The molecule has 1 fully saturated rings. The summed E-state index contributed by atoms with van der Waals surface area (Å²) in [5.74, 6) is 0.0745. The number of aliphatic carboxylic acids is 1. The Morgan fingerprint density at radius 2 is 1.87 bits per heavy atom. The second kappa shape index (κ2) is 12.3. The van der Waals surface area contributed by atoms with E-state index in [0.29, 0.717) is 12.3 Å². The Morgan fingerprint density at radius 3 is 2.43 bits per heavy atom. The first-order valence-electron chi connectivity index (χ1n) is 11.0. The van der Waals surface area contributed by atoms with Gasteiger partial charge in [0.2, 0.25) is 10.0 Å². The third-order valence-corrected chi connectivity index (χ3v) is 6.99. The molecule has 170 valence electrons. The predicted octanol–water partition coefficient (Wildman–Crippen LogP) is 2.95. The van der Waals surface area contributed by atoms with Crippen molar-refractivity contribution in [2.45, 2.75) is 70.9 Å². The van der Waals surface area contributed by atoms with Crippen molar-refractivity contribution in [3.63, 3.8) is 0 Å². The van der Waals surface area contributed by atoms with Crippen molar-refractivity contribution in [1.82, 2.24) is 10.0 Å². The molecule has 1 aliphatic heterocycles. The molecule has 0 aliphatic carbocycles. The van der Waals surface area contributed by atoms with Crippen LogP contribution >= 0.6 is 0 Å². The molecule has 0 radical (unpaired) electrons. The van der Waals surface area contributed by atoms with Crippen molar-refractivity contribution in [3.8, 4) is 5.75 Å². The van der Waals surface area contributed by atoms with E-state index in [2.05, 4.69) is 17.0 Å². The number of benzene rings is 1. The molecule has 0 spiro atoms. The van der Waals surface area contributed by atoms with E-state index in [4.69, 9.17) is 4.74 Å². The molecule has 1 aromatic carbocycles. The molecule has 2 atom stereocenters. The first-order valence-corrected chi connectivity index (χ1v) is 12.7. The molecule has 30 heavy (non-hydrogen) atoms. The number of ether oxygens (including phenoxy) is 1. The lowest BCUT2D eigenvalue weighted by atomic mass is 9.89. The van der Waals surface area contributed by atoms with Gasteiger partial charge in [-0.1, -0.05) is 38.8 Å². The van der Waals surface area contributed by atoms with E-state index in [-0.39, 0.29) is 18.3 Å². The highest BCUT2D eigenvalue weighted by Crippen LogP contribution is 2.25. The van der Waals surface area contributed by atoms with E-state index in [1.165, 1.54) is 0 Å². The van der Waals surface area contributed by atoms with Gasteiger partial charge in [0.05, 0.1) is 5.75 Å². The molecule has 1 aliphatic rings. The Labute approximate surface area is 180 Å². The fourth-order valence-corrected chi connectivity index (χ4v) is 5.20. The summed E-state index contributed by atoms with van der Waals surface area (Å²) >= 11 is 0. The Bertz CT molecular complexity index is 745. The largest absolute Gasteiger partial charge is 0.490 e. The number of unbranched alkanes of at least 4 members (excludes halogenated alkanes) is 1. The van der Waals surface area contributed by atoms with E-state index in [0.717, 1.165) is 56.5 Å².